The van der Waals surface area contributed by atoms with Crippen molar-refractivity contribution in [2.45, 2.75) is 12.5 Å². The van der Waals surface area contributed by atoms with E-state index in [0.29, 0.717) is 24.9 Å². The smallest absolute Gasteiger partial charge is 0.258 e. The molecule has 2 aliphatic heterocycles. The molecule has 0 bridgehead atoms. The first-order valence-corrected chi connectivity index (χ1v) is 7.96. The summed E-state index contributed by atoms with van der Waals surface area (Å²) in [6, 6.07) is 5.87. The molecule has 0 spiro atoms. The second-order valence-corrected chi connectivity index (χ2v) is 5.87. The van der Waals surface area contributed by atoms with Gasteiger partial charge < -0.3 is 19.3 Å². The number of aromatic nitrogens is 2. The normalized spacial score (nSPS) is 21.0. The molecule has 1 aromatic heterocycles. The van der Waals surface area contributed by atoms with Crippen molar-refractivity contribution >= 4 is 12.4 Å². The molecule has 130 valence electrons. The quantitative estimate of drug-likeness (QED) is 0.884. The van der Waals surface area contributed by atoms with Gasteiger partial charge in [-0.2, -0.15) is 4.98 Å². The largest absolute Gasteiger partial charge is 0.490 e. The van der Waals surface area contributed by atoms with Gasteiger partial charge in [-0.05, 0) is 25.2 Å². The predicted octanol–water partition coefficient (Wildman–Crippen LogP) is 1.90. The predicted molar refractivity (Wildman–Crippen MR) is 90.8 cm³/mol. The first-order chi connectivity index (χ1) is 11.3. The van der Waals surface area contributed by atoms with Crippen LogP contribution in [-0.4, -0.2) is 54.9 Å². The van der Waals surface area contributed by atoms with Crippen molar-refractivity contribution in [1.82, 2.24) is 20.4 Å². The summed E-state index contributed by atoms with van der Waals surface area (Å²) in [5.41, 5.74) is 0.847. The number of fused-ring (bicyclic) bond motifs is 1. The molecule has 0 saturated carbocycles. The van der Waals surface area contributed by atoms with E-state index in [0.717, 1.165) is 43.1 Å². The molecule has 0 radical (unpaired) electrons. The summed E-state index contributed by atoms with van der Waals surface area (Å²) < 4.78 is 16.8. The van der Waals surface area contributed by atoms with Crippen molar-refractivity contribution in [1.29, 1.82) is 0 Å². The van der Waals surface area contributed by atoms with Crippen LogP contribution in [0.15, 0.2) is 22.7 Å². The number of benzene rings is 1. The summed E-state index contributed by atoms with van der Waals surface area (Å²) in [5.74, 6) is 2.72. The Hall–Kier alpha value is -1.83. The van der Waals surface area contributed by atoms with Crippen molar-refractivity contribution in [3.63, 3.8) is 0 Å². The molecule has 4 rings (SSSR count). The number of piperazine rings is 1. The van der Waals surface area contributed by atoms with Gasteiger partial charge in [0.25, 0.3) is 5.89 Å². The van der Waals surface area contributed by atoms with E-state index in [9.17, 15) is 0 Å². The summed E-state index contributed by atoms with van der Waals surface area (Å²) in [7, 11) is 2.08. The average Bonchev–Trinajstić information content (AvgIpc) is 2.94. The zero-order valence-electron chi connectivity index (χ0n) is 13.5. The number of hydrogen-bond donors (Lipinski definition) is 1. The molecule has 1 fully saturated rings. The molecule has 7 nitrogen and oxygen atoms in total. The molecule has 0 aliphatic carbocycles. The van der Waals surface area contributed by atoms with E-state index in [1.54, 1.807) is 0 Å². The summed E-state index contributed by atoms with van der Waals surface area (Å²) in [6.07, 6.45) is 0.885. The monoisotopic (exact) mass is 352 g/mol. The van der Waals surface area contributed by atoms with Gasteiger partial charge in [0.05, 0.1) is 19.3 Å². The maximum Gasteiger partial charge on any atom is 0.258 e. The van der Waals surface area contributed by atoms with E-state index < -0.39 is 0 Å². The Morgan fingerprint density at radius 1 is 1.21 bits per heavy atom. The number of hydrogen-bond acceptors (Lipinski definition) is 7. The summed E-state index contributed by atoms with van der Waals surface area (Å²) in [5, 5.41) is 7.52. The Bertz CT molecular complexity index is 694. The molecular formula is C16H21ClN4O3. The molecule has 1 unspecified atom stereocenters. The van der Waals surface area contributed by atoms with Crippen LogP contribution in [0.4, 0.5) is 0 Å². The fraction of sp³-hybridized carbons (Fsp3) is 0.500. The van der Waals surface area contributed by atoms with Gasteiger partial charge in [0.15, 0.2) is 17.3 Å². The van der Waals surface area contributed by atoms with Gasteiger partial charge in [-0.15, -0.1) is 12.4 Å². The number of nitrogens with zero attached hydrogens (tertiary/aromatic N) is 3. The van der Waals surface area contributed by atoms with Gasteiger partial charge in [0.1, 0.15) is 0 Å². The number of ether oxygens (including phenoxy) is 2. The molecular weight excluding hydrogens is 332 g/mol. The Labute approximate surface area is 146 Å². The average molecular weight is 353 g/mol. The minimum absolute atomic E-state index is 0. The summed E-state index contributed by atoms with van der Waals surface area (Å²) in [4.78, 5) is 6.81. The van der Waals surface area contributed by atoms with Crippen LogP contribution >= 0.6 is 12.4 Å². The third-order valence-electron chi connectivity index (χ3n) is 4.25. The van der Waals surface area contributed by atoms with Gasteiger partial charge >= 0.3 is 0 Å². The van der Waals surface area contributed by atoms with Crippen LogP contribution in [-0.2, 0) is 0 Å². The standard InChI is InChI=1S/C16H20N4O3.ClH/c1-20-6-5-17-10-12(20)15-18-16(23-19-15)11-3-4-13-14(9-11)22-8-2-7-21-13;/h3-4,9,12,17H,2,5-8,10H2,1H3;1H. The highest BCUT2D eigenvalue weighted by molar-refractivity contribution is 5.85. The van der Waals surface area contributed by atoms with Crippen LogP contribution in [0.3, 0.4) is 0 Å². The zero-order valence-corrected chi connectivity index (χ0v) is 14.3. The maximum absolute atomic E-state index is 5.72. The fourth-order valence-electron chi connectivity index (χ4n) is 2.88. The Balaban J connectivity index is 0.00000169. The molecule has 1 N–H and O–H groups in total. The lowest BCUT2D eigenvalue weighted by Crippen LogP contribution is -2.44. The van der Waals surface area contributed by atoms with E-state index in [1.807, 2.05) is 18.2 Å². The lowest BCUT2D eigenvalue weighted by molar-refractivity contribution is 0.190. The molecule has 1 saturated heterocycles. The molecule has 1 aromatic carbocycles. The number of rotatable bonds is 2. The Morgan fingerprint density at radius 2 is 2.04 bits per heavy atom. The van der Waals surface area contributed by atoms with Gasteiger partial charge in [0.2, 0.25) is 0 Å². The first kappa shape index (κ1) is 17.0. The van der Waals surface area contributed by atoms with Crippen LogP contribution in [0.2, 0.25) is 0 Å². The fourth-order valence-corrected chi connectivity index (χ4v) is 2.88. The third kappa shape index (κ3) is 3.33. The highest BCUT2D eigenvalue weighted by Crippen LogP contribution is 2.34. The highest BCUT2D eigenvalue weighted by Gasteiger charge is 2.25. The van der Waals surface area contributed by atoms with Crippen molar-refractivity contribution in [2.24, 2.45) is 0 Å². The van der Waals surface area contributed by atoms with Crippen LogP contribution < -0.4 is 14.8 Å². The molecule has 2 aliphatic rings. The lowest BCUT2D eigenvalue weighted by atomic mass is 10.2. The number of likely N-dealkylation sites (N-methyl/N-ethyl adjacent to an activating group) is 1. The number of halogens is 1. The van der Waals surface area contributed by atoms with Gasteiger partial charge in [-0.1, -0.05) is 5.16 Å². The zero-order chi connectivity index (χ0) is 15.6. The van der Waals surface area contributed by atoms with Crippen molar-refractivity contribution in [3.8, 4) is 23.0 Å². The van der Waals surface area contributed by atoms with Crippen LogP contribution in [0.25, 0.3) is 11.5 Å². The minimum Gasteiger partial charge on any atom is -0.490 e. The van der Waals surface area contributed by atoms with E-state index in [-0.39, 0.29) is 18.4 Å². The maximum atomic E-state index is 5.72. The molecule has 0 amide bonds. The van der Waals surface area contributed by atoms with E-state index in [2.05, 4.69) is 27.4 Å². The molecule has 1 atom stereocenters. The Morgan fingerprint density at radius 3 is 2.88 bits per heavy atom. The number of nitrogens with one attached hydrogen (secondary N) is 1. The van der Waals surface area contributed by atoms with Crippen molar-refractivity contribution < 1.29 is 14.0 Å². The van der Waals surface area contributed by atoms with Crippen molar-refractivity contribution in [2.75, 3.05) is 39.9 Å². The van der Waals surface area contributed by atoms with Crippen LogP contribution in [0, 0.1) is 0 Å². The summed E-state index contributed by atoms with van der Waals surface area (Å²) in [6.45, 7) is 4.12. The van der Waals surface area contributed by atoms with Crippen molar-refractivity contribution in [3.05, 3.63) is 24.0 Å². The molecule has 8 heteroatoms. The highest BCUT2D eigenvalue weighted by atomic mass is 35.5. The summed E-state index contributed by atoms with van der Waals surface area (Å²) >= 11 is 0. The van der Waals surface area contributed by atoms with Gasteiger partial charge in [-0.3, -0.25) is 4.90 Å². The Kier molecular flexibility index (Phi) is 5.23. The molecule has 24 heavy (non-hydrogen) atoms. The van der Waals surface area contributed by atoms with Gasteiger partial charge in [-0.25, -0.2) is 0 Å². The molecule has 2 aromatic rings. The topological polar surface area (TPSA) is 72.7 Å². The molecule has 3 heterocycles. The van der Waals surface area contributed by atoms with Crippen LogP contribution in [0.5, 0.6) is 11.5 Å². The third-order valence-corrected chi connectivity index (χ3v) is 4.25. The second-order valence-electron chi connectivity index (χ2n) is 5.87. The van der Waals surface area contributed by atoms with E-state index in [4.69, 9.17) is 14.0 Å². The van der Waals surface area contributed by atoms with Crippen LogP contribution in [0.1, 0.15) is 18.3 Å². The van der Waals surface area contributed by atoms with E-state index in [1.165, 1.54) is 0 Å². The second kappa shape index (κ2) is 7.38. The lowest BCUT2D eigenvalue weighted by Gasteiger charge is -2.30. The first-order valence-electron chi connectivity index (χ1n) is 7.96. The minimum atomic E-state index is 0. The van der Waals surface area contributed by atoms with E-state index >= 15 is 0 Å². The van der Waals surface area contributed by atoms with Gasteiger partial charge in [0, 0.05) is 31.6 Å². The SMILES string of the molecule is CN1CCNCC1c1noc(-c2ccc3c(c2)OCCCO3)n1.Cl.